The first-order valence-corrected chi connectivity index (χ1v) is 7.96. The smallest absolute Gasteiger partial charge is 0.137 e. The number of halogens is 1. The Hall–Kier alpha value is -2.34. The Morgan fingerprint density at radius 1 is 1.04 bits per heavy atom. The van der Waals surface area contributed by atoms with Crippen LogP contribution in [-0.4, -0.2) is 30.2 Å². The molecule has 0 aliphatic carbocycles. The highest BCUT2D eigenvalue weighted by atomic mass is 79.9. The van der Waals surface area contributed by atoms with Crippen LogP contribution in [0.3, 0.4) is 0 Å². The number of ether oxygens (including phenoxy) is 2. The van der Waals surface area contributed by atoms with Crippen LogP contribution in [0.15, 0.2) is 53.3 Å². The van der Waals surface area contributed by atoms with E-state index in [1.165, 1.54) is 0 Å². The van der Waals surface area contributed by atoms with Gasteiger partial charge in [0, 0.05) is 9.86 Å². The predicted octanol–water partition coefficient (Wildman–Crippen LogP) is 3.89. The zero-order valence-corrected chi connectivity index (χ0v) is 14.2. The minimum Gasteiger partial charge on any atom is -0.497 e. The fourth-order valence-electron chi connectivity index (χ4n) is 2.18. The molecule has 3 rings (SSSR count). The number of anilines is 1. The topological polar surface area (TPSA) is 56.3 Å². The van der Waals surface area contributed by atoms with Crippen molar-refractivity contribution in [2.24, 2.45) is 0 Å². The summed E-state index contributed by atoms with van der Waals surface area (Å²) in [5.41, 5.74) is 0.904. The number of hydrogen-bond donors (Lipinski definition) is 1. The maximum Gasteiger partial charge on any atom is 0.137 e. The van der Waals surface area contributed by atoms with Gasteiger partial charge in [-0.05, 0) is 42.5 Å². The van der Waals surface area contributed by atoms with Crippen molar-refractivity contribution in [2.45, 2.75) is 0 Å². The van der Waals surface area contributed by atoms with Crippen LogP contribution in [0.2, 0.25) is 0 Å². The van der Waals surface area contributed by atoms with Gasteiger partial charge in [0.25, 0.3) is 0 Å². The normalized spacial score (nSPS) is 10.5. The molecule has 0 saturated heterocycles. The van der Waals surface area contributed by atoms with Gasteiger partial charge in [0.15, 0.2) is 0 Å². The number of hydrogen-bond acceptors (Lipinski definition) is 5. The lowest BCUT2D eigenvalue weighted by atomic mass is 10.2. The van der Waals surface area contributed by atoms with Crippen LogP contribution in [0.25, 0.3) is 10.9 Å². The third-order valence-corrected chi connectivity index (χ3v) is 3.81. The van der Waals surface area contributed by atoms with Crippen LogP contribution in [-0.2, 0) is 0 Å². The van der Waals surface area contributed by atoms with Gasteiger partial charge in [-0.3, -0.25) is 0 Å². The lowest BCUT2D eigenvalue weighted by Gasteiger charge is -2.10. The van der Waals surface area contributed by atoms with Crippen molar-refractivity contribution in [3.8, 4) is 11.5 Å². The lowest BCUT2D eigenvalue weighted by molar-refractivity contribution is 0.331. The maximum absolute atomic E-state index is 5.69. The average molecular weight is 374 g/mol. The van der Waals surface area contributed by atoms with E-state index in [1.807, 2.05) is 42.5 Å². The molecule has 3 aromatic rings. The maximum atomic E-state index is 5.69. The van der Waals surface area contributed by atoms with E-state index in [-0.39, 0.29) is 0 Å². The highest BCUT2D eigenvalue weighted by Crippen LogP contribution is 2.23. The minimum atomic E-state index is 0.534. The van der Waals surface area contributed by atoms with E-state index in [1.54, 1.807) is 13.4 Å². The van der Waals surface area contributed by atoms with Gasteiger partial charge in [-0.2, -0.15) is 0 Å². The van der Waals surface area contributed by atoms with Crippen molar-refractivity contribution in [1.29, 1.82) is 0 Å². The third kappa shape index (κ3) is 3.90. The predicted molar refractivity (Wildman–Crippen MR) is 94.2 cm³/mol. The molecule has 1 heterocycles. The number of aromatic nitrogens is 2. The first-order valence-electron chi connectivity index (χ1n) is 7.17. The summed E-state index contributed by atoms with van der Waals surface area (Å²) >= 11 is 3.47. The average Bonchev–Trinajstić information content (AvgIpc) is 2.59. The summed E-state index contributed by atoms with van der Waals surface area (Å²) in [6, 6.07) is 13.4. The molecule has 2 aromatic carbocycles. The highest BCUT2D eigenvalue weighted by molar-refractivity contribution is 9.10. The fraction of sp³-hybridized carbons (Fsp3) is 0.176. The Bertz CT molecular complexity index is 793. The van der Waals surface area contributed by atoms with E-state index >= 15 is 0 Å². The van der Waals surface area contributed by atoms with Crippen molar-refractivity contribution >= 4 is 32.7 Å². The Morgan fingerprint density at radius 3 is 2.61 bits per heavy atom. The molecule has 0 atom stereocenters. The molecule has 0 aliphatic rings. The van der Waals surface area contributed by atoms with Crippen molar-refractivity contribution in [2.75, 3.05) is 25.6 Å². The zero-order valence-electron chi connectivity index (χ0n) is 12.6. The molecule has 0 radical (unpaired) electrons. The van der Waals surface area contributed by atoms with Gasteiger partial charge in [0.05, 0.1) is 19.2 Å². The van der Waals surface area contributed by atoms with Crippen molar-refractivity contribution < 1.29 is 9.47 Å². The molecular formula is C17H16BrN3O2. The molecule has 0 bridgehead atoms. The molecule has 6 heteroatoms. The molecule has 0 amide bonds. The largest absolute Gasteiger partial charge is 0.497 e. The molecule has 0 saturated carbocycles. The van der Waals surface area contributed by atoms with E-state index in [9.17, 15) is 0 Å². The highest BCUT2D eigenvalue weighted by Gasteiger charge is 2.04. The summed E-state index contributed by atoms with van der Waals surface area (Å²) in [5.74, 6) is 2.42. The molecular weight excluding hydrogens is 358 g/mol. The number of rotatable bonds is 6. The van der Waals surface area contributed by atoms with E-state index in [0.717, 1.165) is 32.7 Å². The first kappa shape index (κ1) is 15.6. The SMILES string of the molecule is COc1ccc(OCCNc2ncnc3ccc(Br)cc23)cc1. The van der Waals surface area contributed by atoms with Gasteiger partial charge in [0.2, 0.25) is 0 Å². The van der Waals surface area contributed by atoms with E-state index in [4.69, 9.17) is 9.47 Å². The van der Waals surface area contributed by atoms with E-state index in [2.05, 4.69) is 31.2 Å². The molecule has 0 fully saturated rings. The van der Waals surface area contributed by atoms with Gasteiger partial charge < -0.3 is 14.8 Å². The van der Waals surface area contributed by atoms with Crippen LogP contribution in [0.4, 0.5) is 5.82 Å². The molecule has 0 unspecified atom stereocenters. The second-order valence-electron chi connectivity index (χ2n) is 4.83. The van der Waals surface area contributed by atoms with Gasteiger partial charge in [-0.15, -0.1) is 0 Å². The first-order chi connectivity index (χ1) is 11.3. The van der Waals surface area contributed by atoms with Crippen LogP contribution in [0.1, 0.15) is 0 Å². The van der Waals surface area contributed by atoms with Gasteiger partial charge in [-0.25, -0.2) is 9.97 Å². The summed E-state index contributed by atoms with van der Waals surface area (Å²) in [4.78, 5) is 8.56. The van der Waals surface area contributed by atoms with Crippen LogP contribution in [0.5, 0.6) is 11.5 Å². The quantitative estimate of drug-likeness (QED) is 0.664. The molecule has 118 valence electrons. The van der Waals surface area contributed by atoms with E-state index in [0.29, 0.717) is 13.2 Å². The third-order valence-electron chi connectivity index (χ3n) is 3.32. The Balaban J connectivity index is 1.59. The van der Waals surface area contributed by atoms with Gasteiger partial charge in [-0.1, -0.05) is 15.9 Å². The lowest BCUT2D eigenvalue weighted by Crippen LogP contribution is -2.12. The number of methoxy groups -OCH3 is 1. The summed E-state index contributed by atoms with van der Waals surface area (Å²) in [6.45, 7) is 1.18. The Morgan fingerprint density at radius 2 is 1.83 bits per heavy atom. The molecule has 0 spiro atoms. The fourth-order valence-corrected chi connectivity index (χ4v) is 2.54. The zero-order chi connectivity index (χ0) is 16.1. The Kier molecular flexibility index (Phi) is 4.92. The summed E-state index contributed by atoms with van der Waals surface area (Å²) < 4.78 is 11.8. The van der Waals surface area contributed by atoms with E-state index < -0.39 is 0 Å². The summed E-state index contributed by atoms with van der Waals surface area (Å²) in [5, 5.41) is 4.26. The number of fused-ring (bicyclic) bond motifs is 1. The van der Waals surface area contributed by atoms with Gasteiger partial charge in [0.1, 0.15) is 30.3 Å². The second-order valence-corrected chi connectivity index (χ2v) is 5.75. The summed E-state index contributed by atoms with van der Waals surface area (Å²) in [6.07, 6.45) is 1.56. The van der Waals surface area contributed by atoms with Gasteiger partial charge >= 0.3 is 0 Å². The van der Waals surface area contributed by atoms with Crippen molar-refractivity contribution in [3.05, 3.63) is 53.3 Å². The van der Waals surface area contributed by atoms with Crippen LogP contribution in [0, 0.1) is 0 Å². The number of nitrogens with zero attached hydrogens (tertiary/aromatic N) is 2. The van der Waals surface area contributed by atoms with Crippen LogP contribution >= 0.6 is 15.9 Å². The van der Waals surface area contributed by atoms with Crippen molar-refractivity contribution in [3.63, 3.8) is 0 Å². The number of nitrogens with one attached hydrogen (secondary N) is 1. The molecule has 1 N–H and O–H groups in total. The monoisotopic (exact) mass is 373 g/mol. The minimum absolute atomic E-state index is 0.534. The molecule has 23 heavy (non-hydrogen) atoms. The molecule has 1 aromatic heterocycles. The number of benzene rings is 2. The van der Waals surface area contributed by atoms with Crippen LogP contribution < -0.4 is 14.8 Å². The Labute approximate surface area is 142 Å². The molecule has 5 nitrogen and oxygen atoms in total. The van der Waals surface area contributed by atoms with Crippen molar-refractivity contribution in [1.82, 2.24) is 9.97 Å². The second kappa shape index (κ2) is 7.28. The molecule has 0 aliphatic heterocycles. The standard InChI is InChI=1S/C17H16BrN3O2/c1-22-13-3-5-14(6-4-13)23-9-8-19-17-15-10-12(18)2-7-16(15)20-11-21-17/h2-7,10-11H,8-9H2,1H3,(H,19,20,21). The summed E-state index contributed by atoms with van der Waals surface area (Å²) in [7, 11) is 1.64.